The van der Waals surface area contributed by atoms with Crippen LogP contribution < -0.4 is 11.3 Å². The number of nitrogens with one attached hydrogen (secondary N) is 1. The zero-order valence-corrected chi connectivity index (χ0v) is 13.3. The van der Waals surface area contributed by atoms with Crippen LogP contribution in [0, 0.1) is 12.7 Å². The van der Waals surface area contributed by atoms with Crippen molar-refractivity contribution in [3.05, 3.63) is 68.4 Å². The van der Waals surface area contributed by atoms with Crippen molar-refractivity contribution >= 4 is 27.5 Å². The van der Waals surface area contributed by atoms with E-state index in [9.17, 15) is 4.39 Å². The number of hydrazine groups is 1. The van der Waals surface area contributed by atoms with Gasteiger partial charge in [-0.1, -0.05) is 33.6 Å². The molecule has 0 spiro atoms. The Hall–Kier alpha value is -0.940. The molecule has 0 amide bonds. The maximum absolute atomic E-state index is 13.8. The van der Waals surface area contributed by atoms with Crippen LogP contribution in [0.4, 0.5) is 4.39 Å². The molecule has 2 nitrogen and oxygen atoms in total. The number of halogens is 3. The molecule has 0 aliphatic carbocycles. The smallest absolute Gasteiger partial charge is 0.126 e. The number of hydrogen-bond donors (Lipinski definition) is 2. The third kappa shape index (κ3) is 3.58. The lowest BCUT2D eigenvalue weighted by atomic mass is 9.95. The van der Waals surface area contributed by atoms with Crippen LogP contribution in [0.5, 0.6) is 0 Å². The van der Waals surface area contributed by atoms with Crippen LogP contribution in [0.15, 0.2) is 40.9 Å². The van der Waals surface area contributed by atoms with E-state index in [-0.39, 0.29) is 11.9 Å². The van der Waals surface area contributed by atoms with E-state index < -0.39 is 0 Å². The van der Waals surface area contributed by atoms with Gasteiger partial charge in [0, 0.05) is 9.50 Å². The van der Waals surface area contributed by atoms with Gasteiger partial charge < -0.3 is 0 Å². The van der Waals surface area contributed by atoms with Gasteiger partial charge in [0.25, 0.3) is 0 Å². The van der Waals surface area contributed by atoms with Crippen molar-refractivity contribution in [3.63, 3.8) is 0 Å². The Morgan fingerprint density at radius 1 is 1.30 bits per heavy atom. The molecule has 106 valence electrons. The van der Waals surface area contributed by atoms with E-state index >= 15 is 0 Å². The van der Waals surface area contributed by atoms with E-state index in [1.807, 2.05) is 25.1 Å². The molecule has 0 saturated heterocycles. The third-order valence-corrected chi connectivity index (χ3v) is 3.97. The normalized spacial score (nSPS) is 12.4. The van der Waals surface area contributed by atoms with E-state index in [1.54, 1.807) is 6.07 Å². The third-order valence-electron chi connectivity index (χ3n) is 3.24. The molecule has 5 heteroatoms. The molecule has 20 heavy (non-hydrogen) atoms. The molecule has 2 aromatic carbocycles. The van der Waals surface area contributed by atoms with Crippen molar-refractivity contribution in [1.82, 2.24) is 5.43 Å². The second-order valence-corrected chi connectivity index (χ2v) is 6.01. The first-order chi connectivity index (χ1) is 9.51. The summed E-state index contributed by atoms with van der Waals surface area (Å²) < 4.78 is 14.8. The van der Waals surface area contributed by atoms with Gasteiger partial charge in [-0.05, 0) is 60.4 Å². The Kier molecular flexibility index (Phi) is 5.16. The van der Waals surface area contributed by atoms with E-state index in [1.165, 1.54) is 12.1 Å². The second-order valence-electron chi connectivity index (χ2n) is 4.66. The van der Waals surface area contributed by atoms with Gasteiger partial charge >= 0.3 is 0 Å². The summed E-state index contributed by atoms with van der Waals surface area (Å²) in [5.74, 6) is 5.36. The van der Waals surface area contributed by atoms with E-state index in [0.29, 0.717) is 17.0 Å². The van der Waals surface area contributed by atoms with Gasteiger partial charge in [-0.2, -0.15) is 0 Å². The lowest BCUT2D eigenvalue weighted by Crippen LogP contribution is -2.30. The highest BCUT2D eigenvalue weighted by Gasteiger charge is 2.15. The molecule has 2 rings (SSSR count). The highest BCUT2D eigenvalue weighted by Crippen LogP contribution is 2.26. The van der Waals surface area contributed by atoms with Crippen molar-refractivity contribution < 1.29 is 4.39 Å². The Balaban J connectivity index is 2.31. The number of benzene rings is 2. The summed E-state index contributed by atoms with van der Waals surface area (Å²) in [5, 5.41) is 0.518. The topological polar surface area (TPSA) is 38.0 Å². The molecule has 0 aliphatic rings. The Labute approximate surface area is 131 Å². The lowest BCUT2D eigenvalue weighted by Gasteiger charge is -2.19. The number of rotatable bonds is 4. The highest BCUT2D eigenvalue weighted by molar-refractivity contribution is 9.10. The fourth-order valence-corrected chi connectivity index (χ4v) is 2.88. The maximum Gasteiger partial charge on any atom is 0.126 e. The quantitative estimate of drug-likeness (QED) is 0.632. The summed E-state index contributed by atoms with van der Waals surface area (Å²) in [6.07, 6.45) is 0.436. The van der Waals surface area contributed by atoms with Crippen LogP contribution >= 0.6 is 27.5 Å². The van der Waals surface area contributed by atoms with Crippen molar-refractivity contribution in [2.45, 2.75) is 19.4 Å². The first-order valence-electron chi connectivity index (χ1n) is 6.17. The standard InChI is InChI=1S/C15H15BrClFN2/c1-9-6-11(16)2-4-13(9)15(20-19)8-10-7-12(17)3-5-14(10)18/h2-7,15,20H,8,19H2,1H3. The fraction of sp³-hybridized carbons (Fsp3) is 0.200. The summed E-state index contributed by atoms with van der Waals surface area (Å²) in [5.41, 5.74) is 5.42. The Morgan fingerprint density at radius 3 is 2.70 bits per heavy atom. The molecule has 0 aliphatic heterocycles. The average Bonchev–Trinajstić information content (AvgIpc) is 2.40. The average molecular weight is 358 g/mol. The highest BCUT2D eigenvalue weighted by atomic mass is 79.9. The van der Waals surface area contributed by atoms with E-state index in [0.717, 1.165) is 15.6 Å². The fourth-order valence-electron chi connectivity index (χ4n) is 2.21. The Bertz CT molecular complexity index is 619. The SMILES string of the molecule is Cc1cc(Br)ccc1C(Cc1cc(Cl)ccc1F)NN. The van der Waals surface area contributed by atoms with Crippen molar-refractivity contribution in [2.24, 2.45) is 5.84 Å². The molecule has 0 bridgehead atoms. The lowest BCUT2D eigenvalue weighted by molar-refractivity contribution is 0.527. The maximum atomic E-state index is 13.8. The van der Waals surface area contributed by atoms with Crippen LogP contribution in [0.1, 0.15) is 22.7 Å². The summed E-state index contributed by atoms with van der Waals surface area (Å²) in [7, 11) is 0. The van der Waals surface area contributed by atoms with E-state index in [4.69, 9.17) is 17.4 Å². The molecule has 2 aromatic rings. The first-order valence-corrected chi connectivity index (χ1v) is 7.34. The number of hydrogen-bond acceptors (Lipinski definition) is 2. The molecule has 1 unspecified atom stereocenters. The Morgan fingerprint density at radius 2 is 2.05 bits per heavy atom. The predicted octanol–water partition coefficient (Wildman–Crippen LogP) is 4.30. The molecule has 3 N–H and O–H groups in total. The largest absolute Gasteiger partial charge is 0.271 e. The van der Waals surface area contributed by atoms with Crippen LogP contribution in [0.2, 0.25) is 5.02 Å². The van der Waals surface area contributed by atoms with Crippen molar-refractivity contribution in [2.75, 3.05) is 0 Å². The molecule has 1 atom stereocenters. The van der Waals surface area contributed by atoms with E-state index in [2.05, 4.69) is 21.4 Å². The van der Waals surface area contributed by atoms with Gasteiger partial charge in [0.1, 0.15) is 5.82 Å². The molecule has 0 radical (unpaired) electrons. The summed E-state index contributed by atoms with van der Waals surface area (Å²) in [6.45, 7) is 2.00. The molecule has 0 aromatic heterocycles. The summed E-state index contributed by atoms with van der Waals surface area (Å²) >= 11 is 9.34. The molecular weight excluding hydrogens is 343 g/mol. The first kappa shape index (κ1) is 15.4. The minimum atomic E-state index is -0.274. The second kappa shape index (κ2) is 6.68. The van der Waals surface area contributed by atoms with Crippen molar-refractivity contribution in [1.29, 1.82) is 0 Å². The molecule has 0 heterocycles. The van der Waals surface area contributed by atoms with Gasteiger partial charge in [0.15, 0.2) is 0 Å². The van der Waals surface area contributed by atoms with Crippen LogP contribution in [-0.4, -0.2) is 0 Å². The summed E-state index contributed by atoms with van der Waals surface area (Å²) in [4.78, 5) is 0. The monoisotopic (exact) mass is 356 g/mol. The zero-order chi connectivity index (χ0) is 14.7. The van der Waals surface area contributed by atoms with Crippen molar-refractivity contribution in [3.8, 4) is 0 Å². The van der Waals surface area contributed by atoms with Crippen LogP contribution in [0.25, 0.3) is 0 Å². The minimum absolute atomic E-state index is 0.170. The zero-order valence-electron chi connectivity index (χ0n) is 11.0. The summed E-state index contributed by atoms with van der Waals surface area (Å²) in [6, 6.07) is 10.3. The number of aryl methyl sites for hydroxylation is 1. The van der Waals surface area contributed by atoms with Gasteiger partial charge in [0.05, 0.1) is 6.04 Å². The van der Waals surface area contributed by atoms with Gasteiger partial charge in [-0.25, -0.2) is 4.39 Å². The van der Waals surface area contributed by atoms with Crippen LogP contribution in [-0.2, 0) is 6.42 Å². The molecule has 0 fully saturated rings. The van der Waals surface area contributed by atoms with Crippen LogP contribution in [0.3, 0.4) is 0 Å². The van der Waals surface area contributed by atoms with Gasteiger partial charge in [0.2, 0.25) is 0 Å². The molecular formula is C15H15BrClFN2. The molecule has 0 saturated carbocycles. The van der Waals surface area contributed by atoms with Gasteiger partial charge in [-0.15, -0.1) is 0 Å². The number of nitrogens with two attached hydrogens (primary N) is 1. The van der Waals surface area contributed by atoms with Gasteiger partial charge in [-0.3, -0.25) is 11.3 Å². The predicted molar refractivity (Wildman–Crippen MR) is 84.1 cm³/mol. The minimum Gasteiger partial charge on any atom is -0.271 e.